The Morgan fingerprint density at radius 1 is 1.29 bits per heavy atom. The van der Waals surface area contributed by atoms with Crippen LogP contribution in [0, 0.1) is 0 Å². The number of aromatic nitrogens is 2. The van der Waals surface area contributed by atoms with Crippen LogP contribution in [0.1, 0.15) is 12.8 Å². The molecule has 0 saturated carbocycles. The number of hydrogen-bond acceptors (Lipinski definition) is 3. The summed E-state index contributed by atoms with van der Waals surface area (Å²) in [5.41, 5.74) is 2.39. The molecule has 0 N–H and O–H groups in total. The van der Waals surface area contributed by atoms with E-state index < -0.39 is 0 Å². The molecule has 0 radical (unpaired) electrons. The summed E-state index contributed by atoms with van der Waals surface area (Å²) >= 11 is 6.11. The Morgan fingerprint density at radius 3 is 2.86 bits per heavy atom. The fraction of sp³-hybridized carbons (Fsp3) is 0.188. The highest BCUT2D eigenvalue weighted by Gasteiger charge is 2.09. The van der Waals surface area contributed by atoms with E-state index in [9.17, 15) is 0 Å². The van der Waals surface area contributed by atoms with Crippen molar-refractivity contribution in [2.75, 3.05) is 0 Å². The van der Waals surface area contributed by atoms with Gasteiger partial charge in [0, 0.05) is 34.9 Å². The molecule has 0 fully saturated rings. The Hall–Kier alpha value is -2.20. The summed E-state index contributed by atoms with van der Waals surface area (Å²) < 4.78 is 1.94. The fourth-order valence-corrected chi connectivity index (χ4v) is 2.74. The van der Waals surface area contributed by atoms with Crippen LogP contribution in [-0.2, 0) is 7.05 Å². The first-order valence-corrected chi connectivity index (χ1v) is 7.11. The number of nitrogens with zero attached hydrogens (tertiary/aromatic N) is 4. The Kier molecular flexibility index (Phi) is 3.71. The zero-order valence-corrected chi connectivity index (χ0v) is 12.5. The van der Waals surface area contributed by atoms with Crippen molar-refractivity contribution < 1.29 is 0 Å². The molecule has 2 aromatic rings. The van der Waals surface area contributed by atoms with E-state index in [0.717, 1.165) is 34.7 Å². The van der Waals surface area contributed by atoms with Gasteiger partial charge in [0.25, 0.3) is 0 Å². The lowest BCUT2D eigenvalue weighted by Crippen LogP contribution is -2.46. The standard InChI is InChI=1S/C16H15ClN4/c1-18-20-16-19-15(11-6-5-7-12(17)10-11)13-8-3-4-9-14(13)21(16)2/h5-10H,1,3-4H2,2H3/b20-16-. The maximum atomic E-state index is 6.11. The summed E-state index contributed by atoms with van der Waals surface area (Å²) in [5.74, 6) is 0. The van der Waals surface area contributed by atoms with Gasteiger partial charge in [0.1, 0.15) is 0 Å². The van der Waals surface area contributed by atoms with Crippen LogP contribution >= 0.6 is 11.6 Å². The van der Waals surface area contributed by atoms with Crippen molar-refractivity contribution in [1.82, 2.24) is 9.55 Å². The lowest BCUT2D eigenvalue weighted by atomic mass is 10.1. The maximum absolute atomic E-state index is 6.11. The number of rotatable bonds is 2. The SMILES string of the molecule is C=N/N=c1/nc(-c2cccc(Cl)c2)c2c(n1C)=CCCC=2. The first kappa shape index (κ1) is 13.8. The molecule has 5 heteroatoms. The average Bonchev–Trinajstić information content (AvgIpc) is 2.50. The lowest BCUT2D eigenvalue weighted by Gasteiger charge is -2.11. The first-order valence-electron chi connectivity index (χ1n) is 6.74. The van der Waals surface area contributed by atoms with Gasteiger partial charge in [0.2, 0.25) is 5.62 Å². The molecule has 1 aliphatic carbocycles. The Bertz CT molecular complexity index is 893. The minimum Gasteiger partial charge on any atom is -0.312 e. The van der Waals surface area contributed by atoms with Crippen LogP contribution in [-0.4, -0.2) is 16.3 Å². The minimum absolute atomic E-state index is 0.533. The second-order valence-corrected chi connectivity index (χ2v) is 5.29. The first-order chi connectivity index (χ1) is 10.2. The molecule has 0 amide bonds. The van der Waals surface area contributed by atoms with E-state index in [4.69, 9.17) is 11.6 Å². The van der Waals surface area contributed by atoms with Gasteiger partial charge in [-0.05, 0) is 25.0 Å². The smallest absolute Gasteiger partial charge is 0.250 e. The molecule has 21 heavy (non-hydrogen) atoms. The van der Waals surface area contributed by atoms with Crippen LogP contribution in [0.15, 0.2) is 34.5 Å². The Morgan fingerprint density at radius 2 is 2.10 bits per heavy atom. The van der Waals surface area contributed by atoms with Gasteiger partial charge in [-0.1, -0.05) is 35.9 Å². The molecule has 0 saturated heterocycles. The third-order valence-electron chi connectivity index (χ3n) is 3.52. The van der Waals surface area contributed by atoms with Crippen molar-refractivity contribution >= 4 is 30.5 Å². The van der Waals surface area contributed by atoms with E-state index in [-0.39, 0.29) is 0 Å². The zero-order valence-electron chi connectivity index (χ0n) is 11.8. The van der Waals surface area contributed by atoms with Gasteiger partial charge in [0.15, 0.2) is 0 Å². The molecule has 4 nitrogen and oxygen atoms in total. The van der Waals surface area contributed by atoms with Crippen LogP contribution < -0.4 is 16.2 Å². The number of benzene rings is 1. The summed E-state index contributed by atoms with van der Waals surface area (Å²) in [6.07, 6.45) is 6.44. The van der Waals surface area contributed by atoms with Crippen LogP contribution in [0.5, 0.6) is 0 Å². The summed E-state index contributed by atoms with van der Waals surface area (Å²) in [4.78, 5) is 4.64. The maximum Gasteiger partial charge on any atom is 0.250 e. The molecule has 1 heterocycles. The monoisotopic (exact) mass is 298 g/mol. The molecule has 1 aliphatic rings. The Labute approximate surface area is 127 Å². The van der Waals surface area contributed by atoms with E-state index in [1.54, 1.807) is 0 Å². The molecule has 0 aliphatic heterocycles. The normalized spacial score (nSPS) is 14.1. The molecular weight excluding hydrogens is 284 g/mol. The lowest BCUT2D eigenvalue weighted by molar-refractivity contribution is 0.730. The Balaban J connectivity index is 2.44. The minimum atomic E-state index is 0.533. The topological polar surface area (TPSA) is 42.5 Å². The van der Waals surface area contributed by atoms with Gasteiger partial charge in [-0.15, -0.1) is 5.10 Å². The number of halogens is 1. The second-order valence-electron chi connectivity index (χ2n) is 4.86. The number of fused-ring (bicyclic) bond motifs is 1. The molecule has 0 unspecified atom stereocenters. The van der Waals surface area contributed by atoms with Gasteiger partial charge in [0.05, 0.1) is 5.69 Å². The van der Waals surface area contributed by atoms with E-state index >= 15 is 0 Å². The van der Waals surface area contributed by atoms with E-state index in [1.165, 1.54) is 0 Å². The van der Waals surface area contributed by atoms with Crippen LogP contribution in [0.4, 0.5) is 0 Å². The summed E-state index contributed by atoms with van der Waals surface area (Å²) in [7, 11) is 1.94. The molecule has 1 aromatic carbocycles. The summed E-state index contributed by atoms with van der Waals surface area (Å²) in [5, 5.41) is 10.5. The average molecular weight is 299 g/mol. The largest absolute Gasteiger partial charge is 0.312 e. The van der Waals surface area contributed by atoms with E-state index in [2.05, 4.69) is 34.1 Å². The summed E-state index contributed by atoms with van der Waals surface area (Å²) in [6, 6.07) is 7.69. The molecule has 0 bridgehead atoms. The van der Waals surface area contributed by atoms with Crippen molar-refractivity contribution in [1.29, 1.82) is 0 Å². The third-order valence-corrected chi connectivity index (χ3v) is 3.75. The van der Waals surface area contributed by atoms with Gasteiger partial charge < -0.3 is 4.57 Å². The highest BCUT2D eigenvalue weighted by molar-refractivity contribution is 6.30. The van der Waals surface area contributed by atoms with E-state index in [0.29, 0.717) is 10.6 Å². The van der Waals surface area contributed by atoms with Crippen LogP contribution in [0.3, 0.4) is 0 Å². The highest BCUT2D eigenvalue weighted by atomic mass is 35.5. The van der Waals surface area contributed by atoms with E-state index in [1.807, 2.05) is 35.9 Å². The van der Waals surface area contributed by atoms with Crippen molar-refractivity contribution in [3.63, 3.8) is 0 Å². The number of hydrogen-bond donors (Lipinski definition) is 0. The molecule has 0 atom stereocenters. The highest BCUT2D eigenvalue weighted by Crippen LogP contribution is 2.17. The summed E-state index contributed by atoms with van der Waals surface area (Å²) in [6.45, 7) is 3.42. The van der Waals surface area contributed by atoms with Gasteiger partial charge >= 0.3 is 0 Å². The second kappa shape index (κ2) is 5.66. The molecule has 106 valence electrons. The van der Waals surface area contributed by atoms with Crippen molar-refractivity contribution in [3.8, 4) is 11.3 Å². The molecule has 1 aromatic heterocycles. The van der Waals surface area contributed by atoms with Gasteiger partial charge in [-0.2, -0.15) is 5.10 Å². The predicted octanol–water partition coefficient (Wildman–Crippen LogP) is 1.61. The quantitative estimate of drug-likeness (QED) is 0.613. The molecule has 0 spiro atoms. The zero-order chi connectivity index (χ0) is 14.8. The van der Waals surface area contributed by atoms with Gasteiger partial charge in [-0.3, -0.25) is 0 Å². The van der Waals surface area contributed by atoms with Crippen LogP contribution in [0.2, 0.25) is 5.02 Å². The van der Waals surface area contributed by atoms with Crippen molar-refractivity contribution in [3.05, 3.63) is 45.5 Å². The van der Waals surface area contributed by atoms with Crippen LogP contribution in [0.25, 0.3) is 23.4 Å². The van der Waals surface area contributed by atoms with Crippen molar-refractivity contribution in [2.45, 2.75) is 12.8 Å². The van der Waals surface area contributed by atoms with Gasteiger partial charge in [-0.25, -0.2) is 4.98 Å². The fourth-order valence-electron chi connectivity index (χ4n) is 2.55. The molecule has 3 rings (SSSR count). The molecular formula is C16H15ClN4. The predicted molar refractivity (Wildman–Crippen MR) is 86.2 cm³/mol. The van der Waals surface area contributed by atoms with Crippen molar-refractivity contribution in [2.24, 2.45) is 17.3 Å². The third kappa shape index (κ3) is 2.54.